The van der Waals surface area contributed by atoms with E-state index in [0.717, 1.165) is 10.6 Å². The molecule has 0 fully saturated rings. The molecule has 0 spiro atoms. The molecule has 0 saturated carbocycles. The lowest BCUT2D eigenvalue weighted by Gasteiger charge is -2.31. The second-order valence-electron chi connectivity index (χ2n) is 6.66. The van der Waals surface area contributed by atoms with Crippen LogP contribution < -0.4 is 9.62 Å². The molecule has 0 radical (unpaired) electrons. The fourth-order valence-corrected chi connectivity index (χ4v) is 4.23. The maximum Gasteiger partial charge on any atom is 0.244 e. The van der Waals surface area contributed by atoms with Gasteiger partial charge in [-0.25, -0.2) is 8.42 Å². The zero-order valence-electron chi connectivity index (χ0n) is 16.8. The van der Waals surface area contributed by atoms with Crippen LogP contribution in [-0.2, 0) is 26.2 Å². The number of halogens is 2. The molecule has 2 amide bonds. The molecule has 2 aromatic rings. The Labute approximate surface area is 186 Å². The average molecular weight is 472 g/mol. The Hall–Kier alpha value is -2.29. The van der Waals surface area contributed by atoms with Crippen LogP contribution in [0, 0.1) is 0 Å². The lowest BCUT2D eigenvalue weighted by molar-refractivity contribution is -0.139. The minimum Gasteiger partial charge on any atom is -0.357 e. The molecule has 1 N–H and O–H groups in total. The summed E-state index contributed by atoms with van der Waals surface area (Å²) < 4.78 is 25.7. The quantitative estimate of drug-likeness (QED) is 0.640. The lowest BCUT2D eigenvalue weighted by atomic mass is 10.1. The van der Waals surface area contributed by atoms with Gasteiger partial charge in [-0.15, -0.1) is 0 Å². The van der Waals surface area contributed by atoms with Crippen molar-refractivity contribution in [1.29, 1.82) is 0 Å². The second kappa shape index (κ2) is 10.1. The highest BCUT2D eigenvalue weighted by atomic mass is 35.5. The number of para-hydroxylation sites is 1. The summed E-state index contributed by atoms with van der Waals surface area (Å²) in [6.45, 7) is 1.14. The van der Waals surface area contributed by atoms with Gasteiger partial charge in [-0.1, -0.05) is 47.5 Å². The van der Waals surface area contributed by atoms with Crippen LogP contribution >= 0.6 is 23.2 Å². The molecule has 0 heterocycles. The molecule has 2 aromatic carbocycles. The molecular formula is C20H23Cl2N3O4S. The van der Waals surface area contributed by atoms with Crippen LogP contribution in [0.3, 0.4) is 0 Å². The van der Waals surface area contributed by atoms with Crippen molar-refractivity contribution < 1.29 is 18.0 Å². The van der Waals surface area contributed by atoms with Crippen LogP contribution in [0.1, 0.15) is 12.5 Å². The van der Waals surface area contributed by atoms with E-state index in [2.05, 4.69) is 5.32 Å². The number of amides is 2. The first kappa shape index (κ1) is 24.0. The Kier molecular flexibility index (Phi) is 8.11. The summed E-state index contributed by atoms with van der Waals surface area (Å²) in [4.78, 5) is 26.7. The van der Waals surface area contributed by atoms with Crippen LogP contribution in [0.5, 0.6) is 0 Å². The first-order valence-corrected chi connectivity index (χ1v) is 11.6. The molecule has 1 atom stereocenters. The van der Waals surface area contributed by atoms with Crippen LogP contribution in [-0.4, -0.2) is 51.0 Å². The van der Waals surface area contributed by atoms with Crippen molar-refractivity contribution in [2.75, 3.05) is 24.2 Å². The number of hydrogen-bond donors (Lipinski definition) is 1. The van der Waals surface area contributed by atoms with E-state index < -0.39 is 28.5 Å². The van der Waals surface area contributed by atoms with E-state index in [-0.39, 0.29) is 23.2 Å². The number of sulfonamides is 1. The summed E-state index contributed by atoms with van der Waals surface area (Å²) in [6.07, 6.45) is 0.993. The maximum absolute atomic E-state index is 13.2. The van der Waals surface area contributed by atoms with Crippen LogP contribution in [0.25, 0.3) is 0 Å². The van der Waals surface area contributed by atoms with Crippen molar-refractivity contribution in [2.45, 2.75) is 19.5 Å². The molecule has 0 saturated heterocycles. The molecule has 10 heteroatoms. The largest absolute Gasteiger partial charge is 0.357 e. The number of hydrogen-bond acceptors (Lipinski definition) is 4. The third-order valence-electron chi connectivity index (χ3n) is 4.46. The van der Waals surface area contributed by atoms with Crippen LogP contribution in [0.2, 0.25) is 10.0 Å². The van der Waals surface area contributed by atoms with Crippen molar-refractivity contribution in [3.63, 3.8) is 0 Å². The fourth-order valence-electron chi connectivity index (χ4n) is 2.87. The summed E-state index contributed by atoms with van der Waals surface area (Å²) in [5.41, 5.74) is 0.889. The highest BCUT2D eigenvalue weighted by molar-refractivity contribution is 7.92. The number of nitrogens with zero attached hydrogens (tertiary/aromatic N) is 2. The minimum atomic E-state index is -3.82. The van der Waals surface area contributed by atoms with Crippen LogP contribution in [0.4, 0.5) is 5.69 Å². The van der Waals surface area contributed by atoms with Gasteiger partial charge in [0.2, 0.25) is 21.8 Å². The number of rotatable bonds is 8. The van der Waals surface area contributed by atoms with E-state index in [1.807, 2.05) is 0 Å². The van der Waals surface area contributed by atoms with E-state index in [1.54, 1.807) is 43.3 Å². The third kappa shape index (κ3) is 6.10. The predicted molar refractivity (Wildman–Crippen MR) is 119 cm³/mol. The first-order valence-electron chi connectivity index (χ1n) is 9.02. The molecule has 0 aliphatic heterocycles. The number of carbonyl (C=O) groups is 2. The van der Waals surface area contributed by atoms with Gasteiger partial charge in [0.05, 0.1) is 17.0 Å². The lowest BCUT2D eigenvalue weighted by Crippen LogP contribution is -2.50. The molecular weight excluding hydrogens is 449 g/mol. The van der Waals surface area contributed by atoms with Gasteiger partial charge in [0.25, 0.3) is 0 Å². The standard InChI is InChI=1S/C20H23Cl2N3O4S/c1-14(20(27)23-2)24(12-15-7-6-8-16(21)11-15)19(26)13-25(30(3,28)29)18-10-5-4-9-17(18)22/h4-11,14H,12-13H2,1-3H3,(H,23,27). The van der Waals surface area contributed by atoms with Crippen LogP contribution in [0.15, 0.2) is 48.5 Å². The molecule has 1 unspecified atom stereocenters. The molecule has 0 aromatic heterocycles. The summed E-state index contributed by atoms with van der Waals surface area (Å²) >= 11 is 12.2. The van der Waals surface area contributed by atoms with E-state index in [1.165, 1.54) is 24.1 Å². The highest BCUT2D eigenvalue weighted by Gasteiger charge is 2.30. The number of likely N-dealkylation sites (N-methyl/N-ethyl adjacent to an activating group) is 1. The van der Waals surface area contributed by atoms with Crippen molar-refractivity contribution in [3.05, 3.63) is 64.1 Å². The summed E-state index contributed by atoms with van der Waals surface area (Å²) in [5, 5.41) is 3.19. The van der Waals surface area contributed by atoms with E-state index in [9.17, 15) is 18.0 Å². The monoisotopic (exact) mass is 471 g/mol. The zero-order valence-corrected chi connectivity index (χ0v) is 19.1. The van der Waals surface area contributed by atoms with E-state index >= 15 is 0 Å². The molecule has 0 aliphatic rings. The number of nitrogens with one attached hydrogen (secondary N) is 1. The Morgan fingerprint density at radius 2 is 1.77 bits per heavy atom. The van der Waals surface area contributed by atoms with E-state index in [4.69, 9.17) is 23.2 Å². The topological polar surface area (TPSA) is 86.8 Å². The van der Waals surface area contributed by atoms with Gasteiger partial charge in [-0.3, -0.25) is 13.9 Å². The molecule has 0 aliphatic carbocycles. The maximum atomic E-state index is 13.2. The van der Waals surface area contributed by atoms with Crippen molar-refractivity contribution in [2.24, 2.45) is 0 Å². The summed E-state index contributed by atoms with van der Waals surface area (Å²) in [7, 11) is -2.35. The fraction of sp³-hybridized carbons (Fsp3) is 0.300. The molecule has 0 bridgehead atoms. The molecule has 7 nitrogen and oxygen atoms in total. The van der Waals surface area contributed by atoms with Gasteiger partial charge < -0.3 is 10.2 Å². The first-order chi connectivity index (χ1) is 14.0. The summed E-state index contributed by atoms with van der Waals surface area (Å²) in [5.74, 6) is -0.939. The van der Waals surface area contributed by atoms with E-state index in [0.29, 0.717) is 10.6 Å². The van der Waals surface area contributed by atoms with Crippen molar-refractivity contribution in [3.8, 4) is 0 Å². The van der Waals surface area contributed by atoms with Gasteiger partial charge in [0.15, 0.2) is 0 Å². The Morgan fingerprint density at radius 1 is 1.10 bits per heavy atom. The minimum absolute atomic E-state index is 0.0775. The van der Waals surface area contributed by atoms with Gasteiger partial charge >= 0.3 is 0 Å². The Morgan fingerprint density at radius 3 is 2.33 bits per heavy atom. The highest BCUT2D eigenvalue weighted by Crippen LogP contribution is 2.27. The smallest absolute Gasteiger partial charge is 0.244 e. The van der Waals surface area contributed by atoms with Crippen molar-refractivity contribution in [1.82, 2.24) is 10.2 Å². The zero-order chi connectivity index (χ0) is 22.5. The molecule has 2 rings (SSSR count). The third-order valence-corrected chi connectivity index (χ3v) is 6.14. The van der Waals surface area contributed by atoms with Gasteiger partial charge in [0, 0.05) is 18.6 Å². The van der Waals surface area contributed by atoms with Crippen molar-refractivity contribution >= 4 is 50.7 Å². The summed E-state index contributed by atoms with van der Waals surface area (Å²) in [6, 6.07) is 12.4. The predicted octanol–water partition coefficient (Wildman–Crippen LogP) is 2.92. The van der Waals surface area contributed by atoms with Gasteiger partial charge in [-0.2, -0.15) is 0 Å². The Bertz CT molecular complexity index is 1030. The number of carbonyl (C=O) groups excluding carboxylic acids is 2. The second-order valence-corrected chi connectivity index (χ2v) is 9.41. The molecule has 162 valence electrons. The molecule has 30 heavy (non-hydrogen) atoms. The average Bonchev–Trinajstić information content (AvgIpc) is 2.69. The van der Waals surface area contributed by atoms with Gasteiger partial charge in [-0.05, 0) is 36.8 Å². The van der Waals surface area contributed by atoms with Gasteiger partial charge in [0.1, 0.15) is 12.6 Å². The number of anilines is 1. The Balaban J connectivity index is 2.40. The number of benzene rings is 2. The SMILES string of the molecule is CNC(=O)C(C)N(Cc1cccc(Cl)c1)C(=O)CN(c1ccccc1Cl)S(C)(=O)=O. The normalized spacial score (nSPS) is 12.2.